The third-order valence-corrected chi connectivity index (χ3v) is 5.25. The van der Waals surface area contributed by atoms with E-state index < -0.39 is 48.4 Å². The van der Waals surface area contributed by atoms with E-state index >= 15 is 0 Å². The van der Waals surface area contributed by atoms with E-state index in [1.807, 2.05) is 30.3 Å². The molecule has 3 unspecified atom stereocenters. The molecule has 182 valence electrons. The standard InChI is InChI=1S/C23H28N4O6S/c24-17(10-14-4-2-1-3-5-14)21(30)27-18(11-15-6-8-16(28)9-7-15)22(31)25-12-20(29)26-19(13-34)23(32)33/h1-9,17-19,28,34H,10-13,24H2,(H,25,31)(H,26,29)(H,27,30)(H,32,33). The highest BCUT2D eigenvalue weighted by Gasteiger charge is 2.25. The van der Waals surface area contributed by atoms with Crippen molar-refractivity contribution >= 4 is 36.3 Å². The number of hydrogen-bond acceptors (Lipinski definition) is 7. The Morgan fingerprint density at radius 3 is 2.06 bits per heavy atom. The molecule has 2 rings (SSSR count). The van der Waals surface area contributed by atoms with Crippen molar-refractivity contribution in [2.75, 3.05) is 12.3 Å². The summed E-state index contributed by atoms with van der Waals surface area (Å²) < 4.78 is 0. The molecule has 0 aliphatic rings. The van der Waals surface area contributed by atoms with Crippen molar-refractivity contribution in [3.05, 3.63) is 65.7 Å². The molecule has 10 nitrogen and oxygen atoms in total. The summed E-state index contributed by atoms with van der Waals surface area (Å²) in [7, 11) is 0. The van der Waals surface area contributed by atoms with Crippen molar-refractivity contribution in [1.82, 2.24) is 16.0 Å². The molecule has 0 saturated carbocycles. The molecular formula is C23H28N4O6S. The van der Waals surface area contributed by atoms with Crippen LogP contribution in [0.2, 0.25) is 0 Å². The fraction of sp³-hybridized carbons (Fsp3) is 0.304. The number of phenols is 1. The van der Waals surface area contributed by atoms with E-state index in [2.05, 4.69) is 28.6 Å². The van der Waals surface area contributed by atoms with Gasteiger partial charge in [0, 0.05) is 12.2 Å². The lowest BCUT2D eigenvalue weighted by Gasteiger charge is -2.21. The van der Waals surface area contributed by atoms with Gasteiger partial charge in [-0.15, -0.1) is 0 Å². The fourth-order valence-electron chi connectivity index (χ4n) is 3.04. The molecule has 0 fully saturated rings. The number of carboxylic acid groups (broad SMARTS) is 1. The van der Waals surface area contributed by atoms with Crippen LogP contribution in [0.15, 0.2) is 54.6 Å². The van der Waals surface area contributed by atoms with Crippen molar-refractivity contribution in [3.8, 4) is 5.75 Å². The predicted molar refractivity (Wildman–Crippen MR) is 128 cm³/mol. The zero-order valence-electron chi connectivity index (χ0n) is 18.3. The van der Waals surface area contributed by atoms with Crippen molar-refractivity contribution in [2.24, 2.45) is 5.73 Å². The summed E-state index contributed by atoms with van der Waals surface area (Å²) in [5, 5.41) is 25.7. The molecule has 0 saturated heterocycles. The van der Waals surface area contributed by atoms with Crippen LogP contribution in [-0.2, 0) is 32.0 Å². The molecule has 2 aromatic carbocycles. The molecular weight excluding hydrogens is 460 g/mol. The van der Waals surface area contributed by atoms with Crippen molar-refractivity contribution < 1.29 is 29.4 Å². The van der Waals surface area contributed by atoms with Crippen molar-refractivity contribution in [1.29, 1.82) is 0 Å². The van der Waals surface area contributed by atoms with Gasteiger partial charge in [0.05, 0.1) is 12.6 Å². The third kappa shape index (κ3) is 8.75. The molecule has 0 spiro atoms. The Bertz CT molecular complexity index is 987. The van der Waals surface area contributed by atoms with Crippen LogP contribution in [0.4, 0.5) is 0 Å². The fourth-order valence-corrected chi connectivity index (χ4v) is 3.29. The highest BCUT2D eigenvalue weighted by Crippen LogP contribution is 2.12. The van der Waals surface area contributed by atoms with Gasteiger partial charge >= 0.3 is 5.97 Å². The number of aromatic hydroxyl groups is 1. The van der Waals surface area contributed by atoms with E-state index in [1.165, 1.54) is 12.1 Å². The number of amides is 3. The molecule has 0 radical (unpaired) electrons. The Hall–Kier alpha value is -3.57. The minimum Gasteiger partial charge on any atom is -0.508 e. The maximum atomic E-state index is 12.8. The van der Waals surface area contributed by atoms with Crippen LogP contribution in [0.1, 0.15) is 11.1 Å². The lowest BCUT2D eigenvalue weighted by atomic mass is 10.0. The zero-order valence-corrected chi connectivity index (χ0v) is 19.2. The molecule has 0 bridgehead atoms. The maximum absolute atomic E-state index is 12.8. The Kier molecular flexibility index (Phi) is 10.4. The summed E-state index contributed by atoms with van der Waals surface area (Å²) in [6.45, 7) is -0.492. The number of rotatable bonds is 12. The van der Waals surface area contributed by atoms with Crippen molar-refractivity contribution in [3.63, 3.8) is 0 Å². The van der Waals surface area contributed by atoms with Gasteiger partial charge in [0.15, 0.2) is 0 Å². The van der Waals surface area contributed by atoms with E-state index in [1.54, 1.807) is 12.1 Å². The Balaban J connectivity index is 2.04. The second kappa shape index (κ2) is 13.2. The van der Waals surface area contributed by atoms with Crippen LogP contribution < -0.4 is 21.7 Å². The van der Waals surface area contributed by atoms with Crippen LogP contribution >= 0.6 is 12.6 Å². The number of phenolic OH excluding ortho intramolecular Hbond substituents is 1. The van der Waals surface area contributed by atoms with E-state index in [4.69, 9.17) is 10.8 Å². The largest absolute Gasteiger partial charge is 0.508 e. The molecule has 3 atom stereocenters. The molecule has 2 aromatic rings. The molecule has 3 amide bonds. The van der Waals surface area contributed by atoms with Crippen LogP contribution in [0.25, 0.3) is 0 Å². The minimum absolute atomic E-state index is 0.0486. The number of nitrogens with two attached hydrogens (primary N) is 1. The normalized spacial score (nSPS) is 13.2. The van der Waals surface area contributed by atoms with Crippen LogP contribution in [0, 0.1) is 0 Å². The second-order valence-electron chi connectivity index (χ2n) is 7.59. The first-order valence-corrected chi connectivity index (χ1v) is 11.1. The molecule has 0 heterocycles. The summed E-state index contributed by atoms with van der Waals surface area (Å²) in [5.41, 5.74) is 7.54. The Labute approximate surface area is 202 Å². The molecule has 0 aliphatic heterocycles. The van der Waals surface area contributed by atoms with Gasteiger partial charge in [-0.05, 0) is 29.7 Å². The van der Waals surface area contributed by atoms with Gasteiger partial charge in [-0.25, -0.2) is 4.79 Å². The van der Waals surface area contributed by atoms with Gasteiger partial charge in [0.2, 0.25) is 17.7 Å². The average molecular weight is 489 g/mol. The van der Waals surface area contributed by atoms with Gasteiger partial charge in [0.25, 0.3) is 0 Å². The SMILES string of the molecule is NC(Cc1ccccc1)C(=O)NC(Cc1ccc(O)cc1)C(=O)NCC(=O)NC(CS)C(=O)O. The molecule has 0 aliphatic carbocycles. The Morgan fingerprint density at radius 2 is 1.47 bits per heavy atom. The highest BCUT2D eigenvalue weighted by molar-refractivity contribution is 7.80. The van der Waals surface area contributed by atoms with Gasteiger partial charge in [-0.2, -0.15) is 12.6 Å². The topological polar surface area (TPSA) is 171 Å². The molecule has 7 N–H and O–H groups in total. The monoisotopic (exact) mass is 488 g/mol. The first kappa shape index (κ1) is 26.7. The van der Waals surface area contributed by atoms with Crippen LogP contribution in [-0.4, -0.2) is 64.3 Å². The number of aliphatic carboxylic acids is 1. The minimum atomic E-state index is -1.25. The number of carboxylic acids is 1. The number of thiol groups is 1. The number of carbonyl (C=O) groups excluding carboxylic acids is 3. The number of benzene rings is 2. The molecule has 11 heteroatoms. The summed E-state index contributed by atoms with van der Waals surface area (Å²) in [4.78, 5) is 48.5. The maximum Gasteiger partial charge on any atom is 0.327 e. The summed E-state index contributed by atoms with van der Waals surface area (Å²) in [6.07, 6.45) is 0.342. The van der Waals surface area contributed by atoms with E-state index in [9.17, 15) is 24.3 Å². The smallest absolute Gasteiger partial charge is 0.327 e. The van der Waals surface area contributed by atoms with Crippen LogP contribution in [0.3, 0.4) is 0 Å². The Morgan fingerprint density at radius 1 is 0.853 bits per heavy atom. The van der Waals surface area contributed by atoms with E-state index in [0.717, 1.165) is 5.56 Å². The van der Waals surface area contributed by atoms with E-state index in [0.29, 0.717) is 5.56 Å². The van der Waals surface area contributed by atoms with Crippen LogP contribution in [0.5, 0.6) is 5.75 Å². The molecule has 0 aromatic heterocycles. The zero-order chi connectivity index (χ0) is 25.1. The average Bonchev–Trinajstić information content (AvgIpc) is 2.82. The molecule has 34 heavy (non-hydrogen) atoms. The highest BCUT2D eigenvalue weighted by atomic mass is 32.1. The lowest BCUT2D eigenvalue weighted by molar-refractivity contribution is -0.141. The van der Waals surface area contributed by atoms with Gasteiger partial charge in [-0.1, -0.05) is 42.5 Å². The first-order valence-electron chi connectivity index (χ1n) is 10.5. The second-order valence-corrected chi connectivity index (χ2v) is 7.95. The number of nitrogens with one attached hydrogen (secondary N) is 3. The number of hydrogen-bond donors (Lipinski definition) is 7. The quantitative estimate of drug-likeness (QED) is 0.199. The number of carbonyl (C=O) groups is 4. The van der Waals surface area contributed by atoms with E-state index in [-0.39, 0.29) is 24.3 Å². The lowest BCUT2D eigenvalue weighted by Crippen LogP contribution is -2.54. The third-order valence-electron chi connectivity index (χ3n) is 4.88. The summed E-state index contributed by atoms with van der Waals surface area (Å²) >= 11 is 3.87. The summed E-state index contributed by atoms with van der Waals surface area (Å²) in [5.74, 6) is -3.24. The first-order chi connectivity index (χ1) is 16.2. The predicted octanol–water partition coefficient (Wildman–Crippen LogP) is -0.395. The summed E-state index contributed by atoms with van der Waals surface area (Å²) in [6, 6.07) is 12.1. The van der Waals surface area contributed by atoms with Gasteiger partial charge < -0.3 is 31.9 Å². The van der Waals surface area contributed by atoms with Crippen molar-refractivity contribution in [2.45, 2.75) is 31.0 Å². The van der Waals surface area contributed by atoms with Gasteiger partial charge in [0.1, 0.15) is 17.8 Å². The van der Waals surface area contributed by atoms with Gasteiger partial charge in [-0.3, -0.25) is 14.4 Å².